The van der Waals surface area contributed by atoms with Gasteiger partial charge in [-0.3, -0.25) is 4.40 Å². The first-order valence-corrected chi connectivity index (χ1v) is 8.39. The third-order valence-electron chi connectivity index (χ3n) is 4.12. The van der Waals surface area contributed by atoms with Crippen LogP contribution in [0, 0.1) is 0 Å². The third kappa shape index (κ3) is 3.04. The predicted molar refractivity (Wildman–Crippen MR) is 101 cm³/mol. The van der Waals surface area contributed by atoms with Gasteiger partial charge in [-0.15, -0.1) is 0 Å². The van der Waals surface area contributed by atoms with Gasteiger partial charge in [0.05, 0.1) is 24.4 Å². The highest BCUT2D eigenvalue weighted by atomic mass is 16.3. The summed E-state index contributed by atoms with van der Waals surface area (Å²) in [5, 5.41) is 5.55. The van der Waals surface area contributed by atoms with Crippen LogP contribution >= 0.6 is 0 Å². The average Bonchev–Trinajstić information content (AvgIpc) is 3.31. The smallest absolute Gasteiger partial charge is 0.319 e. The molecule has 4 aromatic rings. The van der Waals surface area contributed by atoms with Crippen LogP contribution in [0.1, 0.15) is 6.92 Å². The molecule has 0 aliphatic rings. The van der Waals surface area contributed by atoms with Gasteiger partial charge >= 0.3 is 6.03 Å². The maximum absolute atomic E-state index is 11.7. The van der Waals surface area contributed by atoms with Crippen molar-refractivity contribution in [2.75, 3.05) is 11.9 Å². The Bertz CT molecular complexity index is 1050. The van der Waals surface area contributed by atoms with Gasteiger partial charge in [0.2, 0.25) is 0 Å². The van der Waals surface area contributed by atoms with E-state index < -0.39 is 0 Å². The molecule has 26 heavy (non-hydrogen) atoms. The fraction of sp³-hybridized carbons (Fsp3) is 0.100. The molecule has 3 heterocycles. The Morgan fingerprint density at radius 1 is 1.15 bits per heavy atom. The molecule has 1 aromatic carbocycles. The van der Waals surface area contributed by atoms with Crippen molar-refractivity contribution in [3.63, 3.8) is 0 Å². The van der Waals surface area contributed by atoms with Crippen molar-refractivity contribution in [3.05, 3.63) is 67.4 Å². The second-order valence-corrected chi connectivity index (χ2v) is 5.86. The van der Waals surface area contributed by atoms with E-state index in [1.54, 1.807) is 12.5 Å². The Morgan fingerprint density at radius 3 is 2.88 bits per heavy atom. The second kappa shape index (κ2) is 6.76. The topological polar surface area (TPSA) is 71.6 Å². The zero-order chi connectivity index (χ0) is 17.9. The first-order valence-electron chi connectivity index (χ1n) is 8.39. The first-order chi connectivity index (χ1) is 12.7. The molecule has 0 aliphatic carbocycles. The number of pyridine rings is 1. The molecule has 0 bridgehead atoms. The van der Waals surface area contributed by atoms with Crippen LogP contribution < -0.4 is 10.6 Å². The summed E-state index contributed by atoms with van der Waals surface area (Å²) in [4.78, 5) is 16.2. The molecule has 2 amide bonds. The van der Waals surface area contributed by atoms with Gasteiger partial charge in [0.1, 0.15) is 5.65 Å². The molecule has 0 aliphatic heterocycles. The summed E-state index contributed by atoms with van der Waals surface area (Å²) in [7, 11) is 0. The van der Waals surface area contributed by atoms with Crippen LogP contribution in [0.2, 0.25) is 0 Å². The zero-order valence-corrected chi connectivity index (χ0v) is 14.3. The fourth-order valence-electron chi connectivity index (χ4n) is 2.89. The lowest BCUT2D eigenvalue weighted by Crippen LogP contribution is -2.28. The van der Waals surface area contributed by atoms with Crippen molar-refractivity contribution in [1.29, 1.82) is 0 Å². The molecule has 0 saturated heterocycles. The van der Waals surface area contributed by atoms with Crippen LogP contribution in [0.5, 0.6) is 0 Å². The standard InChI is InChI=1S/C20H18N4O2/c1-2-21-20(25)23-17-5-3-4-15(10-17)18-12-22-19-11-14(6-8-24(18)19)16-7-9-26-13-16/h3-13H,2H2,1H3,(H2,21,23,25). The number of imidazole rings is 1. The van der Waals surface area contributed by atoms with E-state index >= 15 is 0 Å². The summed E-state index contributed by atoms with van der Waals surface area (Å²) >= 11 is 0. The Morgan fingerprint density at radius 2 is 2.08 bits per heavy atom. The number of aromatic nitrogens is 2. The first kappa shape index (κ1) is 16.0. The summed E-state index contributed by atoms with van der Waals surface area (Å²) in [6.45, 7) is 2.46. The lowest BCUT2D eigenvalue weighted by molar-refractivity contribution is 0.252. The van der Waals surface area contributed by atoms with E-state index in [9.17, 15) is 4.79 Å². The molecule has 3 aromatic heterocycles. The van der Waals surface area contributed by atoms with E-state index in [1.807, 2.05) is 66.2 Å². The number of fused-ring (bicyclic) bond motifs is 1. The minimum Gasteiger partial charge on any atom is -0.472 e. The van der Waals surface area contributed by atoms with Crippen LogP contribution in [0.4, 0.5) is 10.5 Å². The molecular formula is C20H18N4O2. The number of hydrogen-bond donors (Lipinski definition) is 2. The Labute approximate surface area is 150 Å². The summed E-state index contributed by atoms with van der Waals surface area (Å²) in [5.41, 5.74) is 5.58. The molecule has 0 atom stereocenters. The van der Waals surface area contributed by atoms with Gasteiger partial charge in [0, 0.05) is 29.6 Å². The number of amides is 2. The van der Waals surface area contributed by atoms with E-state index in [2.05, 4.69) is 15.6 Å². The van der Waals surface area contributed by atoms with E-state index in [0.717, 1.165) is 33.7 Å². The number of urea groups is 1. The largest absolute Gasteiger partial charge is 0.472 e. The highest BCUT2D eigenvalue weighted by molar-refractivity contribution is 5.90. The number of hydrogen-bond acceptors (Lipinski definition) is 3. The number of anilines is 1. The highest BCUT2D eigenvalue weighted by Crippen LogP contribution is 2.26. The van der Waals surface area contributed by atoms with E-state index in [1.165, 1.54) is 0 Å². The number of nitrogens with one attached hydrogen (secondary N) is 2. The number of benzene rings is 1. The van der Waals surface area contributed by atoms with Gasteiger partial charge in [-0.05, 0) is 42.8 Å². The summed E-state index contributed by atoms with van der Waals surface area (Å²) in [6, 6.07) is 13.5. The van der Waals surface area contributed by atoms with Crippen LogP contribution in [0.25, 0.3) is 28.0 Å². The molecule has 6 nitrogen and oxygen atoms in total. The third-order valence-corrected chi connectivity index (χ3v) is 4.12. The highest BCUT2D eigenvalue weighted by Gasteiger charge is 2.09. The van der Waals surface area contributed by atoms with Crippen molar-refractivity contribution in [3.8, 4) is 22.4 Å². The van der Waals surface area contributed by atoms with Crippen molar-refractivity contribution < 1.29 is 9.21 Å². The number of carbonyl (C=O) groups is 1. The van der Waals surface area contributed by atoms with E-state index in [4.69, 9.17) is 4.42 Å². The maximum Gasteiger partial charge on any atom is 0.319 e. The molecule has 2 N–H and O–H groups in total. The van der Waals surface area contributed by atoms with Crippen LogP contribution in [-0.4, -0.2) is 22.0 Å². The Kier molecular flexibility index (Phi) is 4.15. The zero-order valence-electron chi connectivity index (χ0n) is 14.3. The lowest BCUT2D eigenvalue weighted by atomic mass is 10.1. The maximum atomic E-state index is 11.7. The normalized spacial score (nSPS) is 10.8. The molecular weight excluding hydrogens is 328 g/mol. The monoisotopic (exact) mass is 346 g/mol. The van der Waals surface area contributed by atoms with E-state index in [0.29, 0.717) is 6.54 Å². The Balaban J connectivity index is 1.68. The van der Waals surface area contributed by atoms with Crippen molar-refractivity contribution in [2.24, 2.45) is 0 Å². The van der Waals surface area contributed by atoms with Crippen LogP contribution in [-0.2, 0) is 0 Å². The summed E-state index contributed by atoms with van der Waals surface area (Å²) in [5.74, 6) is 0. The minimum atomic E-state index is -0.215. The van der Waals surface area contributed by atoms with Crippen LogP contribution in [0.3, 0.4) is 0 Å². The summed E-state index contributed by atoms with van der Waals surface area (Å²) < 4.78 is 7.17. The molecule has 130 valence electrons. The van der Waals surface area contributed by atoms with Crippen molar-refractivity contribution in [2.45, 2.75) is 6.92 Å². The van der Waals surface area contributed by atoms with Crippen molar-refractivity contribution >= 4 is 17.4 Å². The summed E-state index contributed by atoms with van der Waals surface area (Å²) in [6.07, 6.45) is 7.19. The fourth-order valence-corrected chi connectivity index (χ4v) is 2.89. The van der Waals surface area contributed by atoms with Gasteiger partial charge in [0.15, 0.2) is 0 Å². The molecule has 0 spiro atoms. The van der Waals surface area contributed by atoms with E-state index in [-0.39, 0.29) is 6.03 Å². The Hall–Kier alpha value is -3.54. The number of carbonyl (C=O) groups excluding carboxylic acids is 1. The second-order valence-electron chi connectivity index (χ2n) is 5.86. The van der Waals surface area contributed by atoms with Gasteiger partial charge in [-0.25, -0.2) is 9.78 Å². The number of furan rings is 1. The van der Waals surface area contributed by atoms with Gasteiger partial charge in [-0.2, -0.15) is 0 Å². The molecule has 0 radical (unpaired) electrons. The molecule has 4 rings (SSSR count). The van der Waals surface area contributed by atoms with Gasteiger partial charge in [-0.1, -0.05) is 12.1 Å². The molecule has 0 fully saturated rings. The van der Waals surface area contributed by atoms with Crippen LogP contribution in [0.15, 0.2) is 71.8 Å². The lowest BCUT2D eigenvalue weighted by Gasteiger charge is -2.08. The number of nitrogens with zero attached hydrogens (tertiary/aromatic N) is 2. The average molecular weight is 346 g/mol. The van der Waals surface area contributed by atoms with Gasteiger partial charge < -0.3 is 15.1 Å². The quantitative estimate of drug-likeness (QED) is 0.575. The van der Waals surface area contributed by atoms with Crippen molar-refractivity contribution in [1.82, 2.24) is 14.7 Å². The SMILES string of the molecule is CCNC(=O)Nc1cccc(-c2cnc3cc(-c4ccoc4)ccn23)c1. The number of rotatable bonds is 4. The predicted octanol–water partition coefficient (Wildman–Crippen LogP) is 4.40. The molecule has 0 unspecified atom stereocenters. The van der Waals surface area contributed by atoms with Gasteiger partial charge in [0.25, 0.3) is 0 Å². The minimum absolute atomic E-state index is 0.215. The molecule has 6 heteroatoms. The molecule has 0 saturated carbocycles.